The summed E-state index contributed by atoms with van der Waals surface area (Å²) in [6.45, 7) is 3.59. The van der Waals surface area contributed by atoms with E-state index in [0.29, 0.717) is 5.92 Å². The minimum absolute atomic E-state index is 0.140. The van der Waals surface area contributed by atoms with Crippen LogP contribution in [0.25, 0.3) is 0 Å². The van der Waals surface area contributed by atoms with Gasteiger partial charge in [-0.1, -0.05) is 0 Å². The fourth-order valence-corrected chi connectivity index (χ4v) is 3.94. The molecule has 100 valence electrons. The first-order chi connectivity index (χ1) is 9.24. The van der Waals surface area contributed by atoms with E-state index in [9.17, 15) is 4.79 Å². The summed E-state index contributed by atoms with van der Waals surface area (Å²) in [6, 6.07) is 0. The van der Waals surface area contributed by atoms with Gasteiger partial charge in [0.25, 0.3) is 5.91 Å². The number of hydrogen-bond acceptors (Lipinski definition) is 5. The predicted molar refractivity (Wildman–Crippen MR) is 76.7 cm³/mol. The minimum Gasteiger partial charge on any atom is -0.338 e. The van der Waals surface area contributed by atoms with Crippen LogP contribution >= 0.6 is 22.7 Å². The second-order valence-corrected chi connectivity index (χ2v) is 6.64. The largest absolute Gasteiger partial charge is 0.338 e. The molecule has 0 unspecified atom stereocenters. The molecular weight excluding hydrogens is 278 g/mol. The summed E-state index contributed by atoms with van der Waals surface area (Å²) in [5.41, 5.74) is 2.59. The van der Waals surface area contributed by atoms with Gasteiger partial charge in [-0.3, -0.25) is 4.79 Å². The highest BCUT2D eigenvalue weighted by Gasteiger charge is 2.28. The molecule has 2 aromatic rings. The molecule has 1 fully saturated rings. The Hall–Kier alpha value is -1.27. The standard InChI is InChI=1S/C13H15N3OS2/c1-9-12(19-8-15-9)13(17)16-4-2-10(7-16)6-11-14-3-5-18-11/h3,5,8,10H,2,4,6-7H2,1H3/t10-/m1/s1. The van der Waals surface area contributed by atoms with E-state index in [1.54, 1.807) is 16.8 Å². The van der Waals surface area contributed by atoms with Gasteiger partial charge in [0.2, 0.25) is 0 Å². The Kier molecular flexibility index (Phi) is 3.61. The third-order valence-electron chi connectivity index (χ3n) is 3.46. The SMILES string of the molecule is Cc1ncsc1C(=O)N1CC[C@H](Cc2nccs2)C1. The van der Waals surface area contributed by atoms with E-state index in [-0.39, 0.29) is 5.91 Å². The molecule has 1 amide bonds. The lowest BCUT2D eigenvalue weighted by Crippen LogP contribution is -2.28. The predicted octanol–water partition coefficient (Wildman–Crippen LogP) is 2.61. The maximum Gasteiger partial charge on any atom is 0.265 e. The fourth-order valence-electron chi connectivity index (χ4n) is 2.44. The summed E-state index contributed by atoms with van der Waals surface area (Å²) in [5.74, 6) is 0.685. The summed E-state index contributed by atoms with van der Waals surface area (Å²) in [6.07, 6.45) is 3.91. The zero-order valence-corrected chi connectivity index (χ0v) is 12.3. The number of hydrogen-bond donors (Lipinski definition) is 0. The Labute approximate surface area is 120 Å². The summed E-state index contributed by atoms with van der Waals surface area (Å²) in [7, 11) is 0. The Morgan fingerprint density at radius 1 is 1.47 bits per heavy atom. The topological polar surface area (TPSA) is 46.1 Å². The first-order valence-corrected chi connectivity index (χ1v) is 8.07. The number of carbonyl (C=O) groups is 1. The quantitative estimate of drug-likeness (QED) is 0.874. The van der Waals surface area contributed by atoms with Crippen molar-refractivity contribution in [1.82, 2.24) is 14.9 Å². The van der Waals surface area contributed by atoms with Gasteiger partial charge in [-0.25, -0.2) is 9.97 Å². The van der Waals surface area contributed by atoms with E-state index in [0.717, 1.165) is 36.5 Å². The number of likely N-dealkylation sites (tertiary alicyclic amines) is 1. The van der Waals surface area contributed by atoms with Gasteiger partial charge < -0.3 is 4.90 Å². The number of aryl methyl sites for hydroxylation is 1. The summed E-state index contributed by atoms with van der Waals surface area (Å²) in [5, 5.41) is 3.18. The Bertz CT molecular complexity index is 564. The second-order valence-electron chi connectivity index (χ2n) is 4.80. The van der Waals surface area contributed by atoms with Gasteiger partial charge in [-0.2, -0.15) is 0 Å². The van der Waals surface area contributed by atoms with Crippen molar-refractivity contribution < 1.29 is 4.79 Å². The van der Waals surface area contributed by atoms with Gasteiger partial charge in [0.05, 0.1) is 16.2 Å². The molecule has 2 aromatic heterocycles. The van der Waals surface area contributed by atoms with Crippen LogP contribution in [0, 0.1) is 12.8 Å². The van der Waals surface area contributed by atoms with Crippen molar-refractivity contribution in [3.8, 4) is 0 Å². The van der Waals surface area contributed by atoms with E-state index in [2.05, 4.69) is 9.97 Å². The van der Waals surface area contributed by atoms with Crippen molar-refractivity contribution in [1.29, 1.82) is 0 Å². The van der Waals surface area contributed by atoms with Crippen molar-refractivity contribution in [3.05, 3.63) is 32.7 Å². The van der Waals surface area contributed by atoms with Crippen molar-refractivity contribution in [3.63, 3.8) is 0 Å². The molecule has 6 heteroatoms. The molecule has 0 saturated carbocycles. The van der Waals surface area contributed by atoms with Crippen molar-refractivity contribution in [2.24, 2.45) is 5.92 Å². The molecule has 1 aliphatic heterocycles. The molecule has 1 atom stereocenters. The second kappa shape index (κ2) is 5.38. The highest BCUT2D eigenvalue weighted by Crippen LogP contribution is 2.25. The van der Waals surface area contributed by atoms with Gasteiger partial charge in [0.15, 0.2) is 0 Å². The van der Waals surface area contributed by atoms with Crippen molar-refractivity contribution >= 4 is 28.6 Å². The van der Waals surface area contributed by atoms with Gasteiger partial charge in [0.1, 0.15) is 4.88 Å². The van der Waals surface area contributed by atoms with Crippen LogP contribution in [-0.2, 0) is 6.42 Å². The maximum atomic E-state index is 12.4. The number of carbonyl (C=O) groups excluding carboxylic acids is 1. The first kappa shape index (κ1) is 12.7. The number of thiazole rings is 2. The molecule has 4 nitrogen and oxygen atoms in total. The molecule has 0 aromatic carbocycles. The Morgan fingerprint density at radius 2 is 2.37 bits per heavy atom. The smallest absolute Gasteiger partial charge is 0.265 e. The normalized spacial score (nSPS) is 19.0. The van der Waals surface area contributed by atoms with E-state index in [4.69, 9.17) is 0 Å². The van der Waals surface area contributed by atoms with E-state index in [1.165, 1.54) is 16.3 Å². The summed E-state index contributed by atoms with van der Waals surface area (Å²) in [4.78, 5) is 23.6. The van der Waals surface area contributed by atoms with Crippen LogP contribution in [0.15, 0.2) is 17.1 Å². The van der Waals surface area contributed by atoms with Crippen LogP contribution in [0.5, 0.6) is 0 Å². The zero-order valence-electron chi connectivity index (χ0n) is 10.7. The van der Waals surface area contributed by atoms with Crippen LogP contribution in [-0.4, -0.2) is 33.9 Å². The molecule has 0 aliphatic carbocycles. The molecule has 1 aliphatic rings. The van der Waals surface area contributed by atoms with Gasteiger partial charge >= 0.3 is 0 Å². The lowest BCUT2D eigenvalue weighted by Gasteiger charge is -2.15. The highest BCUT2D eigenvalue weighted by molar-refractivity contribution is 7.11. The van der Waals surface area contributed by atoms with Crippen LogP contribution in [0.4, 0.5) is 0 Å². The highest BCUT2D eigenvalue weighted by atomic mass is 32.1. The molecule has 1 saturated heterocycles. The fraction of sp³-hybridized carbons (Fsp3) is 0.462. The van der Waals surface area contributed by atoms with Crippen molar-refractivity contribution in [2.75, 3.05) is 13.1 Å². The number of aromatic nitrogens is 2. The van der Waals surface area contributed by atoms with E-state index >= 15 is 0 Å². The number of nitrogens with zero attached hydrogens (tertiary/aromatic N) is 3. The minimum atomic E-state index is 0.140. The first-order valence-electron chi connectivity index (χ1n) is 6.32. The summed E-state index contributed by atoms with van der Waals surface area (Å²) < 4.78 is 0. The van der Waals surface area contributed by atoms with E-state index < -0.39 is 0 Å². The summed E-state index contributed by atoms with van der Waals surface area (Å²) >= 11 is 3.14. The average molecular weight is 293 g/mol. The van der Waals surface area contributed by atoms with Crippen molar-refractivity contribution in [2.45, 2.75) is 19.8 Å². The lowest BCUT2D eigenvalue weighted by atomic mass is 10.1. The number of rotatable bonds is 3. The number of amides is 1. The van der Waals surface area contributed by atoms with Crippen LogP contribution < -0.4 is 0 Å². The van der Waals surface area contributed by atoms with Crippen LogP contribution in [0.3, 0.4) is 0 Å². The molecule has 19 heavy (non-hydrogen) atoms. The van der Waals surface area contributed by atoms with E-state index in [1.807, 2.05) is 23.4 Å². The molecule has 3 rings (SSSR count). The maximum absolute atomic E-state index is 12.4. The molecule has 3 heterocycles. The van der Waals surface area contributed by atoms with Gasteiger partial charge in [0, 0.05) is 31.1 Å². The average Bonchev–Trinajstić information content (AvgIpc) is 3.10. The van der Waals surface area contributed by atoms with Crippen LogP contribution in [0.1, 0.15) is 26.8 Å². The Balaban J connectivity index is 1.63. The monoisotopic (exact) mass is 293 g/mol. The molecular formula is C13H15N3OS2. The zero-order chi connectivity index (χ0) is 13.2. The third kappa shape index (κ3) is 2.69. The molecule has 0 bridgehead atoms. The third-order valence-corrected chi connectivity index (χ3v) is 5.18. The lowest BCUT2D eigenvalue weighted by molar-refractivity contribution is 0.0791. The molecule has 0 N–H and O–H groups in total. The Morgan fingerprint density at radius 3 is 3.05 bits per heavy atom. The van der Waals surface area contributed by atoms with Gasteiger partial charge in [-0.05, 0) is 19.3 Å². The van der Waals surface area contributed by atoms with Gasteiger partial charge in [-0.15, -0.1) is 22.7 Å². The molecule has 0 spiro atoms. The molecule has 0 radical (unpaired) electrons. The van der Waals surface area contributed by atoms with Crippen LogP contribution in [0.2, 0.25) is 0 Å².